The van der Waals surface area contributed by atoms with Gasteiger partial charge < -0.3 is 4.74 Å². The molecule has 2 aromatic rings. The third kappa shape index (κ3) is 2.87. The highest BCUT2D eigenvalue weighted by Gasteiger charge is 2.02. The Morgan fingerprint density at radius 2 is 2.22 bits per heavy atom. The second kappa shape index (κ2) is 5.65. The topological polar surface area (TPSA) is 39.2 Å². The largest absolute Gasteiger partial charge is 0.469 e. The predicted octanol–water partition coefficient (Wildman–Crippen LogP) is 3.46. The molecule has 0 saturated carbocycles. The second-order valence-corrected chi connectivity index (χ2v) is 4.10. The molecule has 0 saturated heterocycles. The molecular weight excluding hydrogens is 250 g/mol. The van der Waals surface area contributed by atoms with Crippen LogP contribution in [0.15, 0.2) is 36.4 Å². The summed E-state index contributed by atoms with van der Waals surface area (Å²) in [6, 6.07) is 9.68. The number of pyridine rings is 1. The summed E-state index contributed by atoms with van der Waals surface area (Å²) < 4.78 is 4.55. The first-order valence-corrected chi connectivity index (χ1v) is 5.87. The third-order valence-electron chi connectivity index (χ3n) is 2.51. The molecule has 0 N–H and O–H groups in total. The Morgan fingerprint density at radius 1 is 1.44 bits per heavy atom. The molecule has 0 aliphatic heterocycles. The van der Waals surface area contributed by atoms with Crippen molar-refractivity contribution in [2.45, 2.75) is 6.42 Å². The molecule has 0 amide bonds. The zero-order valence-electron chi connectivity index (χ0n) is 9.89. The van der Waals surface area contributed by atoms with Crippen LogP contribution in [0.3, 0.4) is 0 Å². The molecule has 2 rings (SSSR count). The highest BCUT2D eigenvalue weighted by atomic mass is 35.5. The minimum atomic E-state index is -0.281. The van der Waals surface area contributed by atoms with Crippen LogP contribution in [0.4, 0.5) is 0 Å². The van der Waals surface area contributed by atoms with E-state index >= 15 is 0 Å². The zero-order valence-corrected chi connectivity index (χ0v) is 10.6. The monoisotopic (exact) mass is 261 g/mol. The number of methoxy groups -OCH3 is 1. The van der Waals surface area contributed by atoms with Crippen LogP contribution in [-0.2, 0) is 9.53 Å². The molecule has 0 fully saturated rings. The molecule has 0 aliphatic carbocycles. The molecule has 0 unspecified atom stereocenters. The fraction of sp³-hybridized carbons (Fsp3) is 0.143. The number of esters is 1. The number of rotatable bonds is 3. The van der Waals surface area contributed by atoms with Crippen molar-refractivity contribution in [3.63, 3.8) is 0 Å². The van der Waals surface area contributed by atoms with Gasteiger partial charge in [-0.15, -0.1) is 0 Å². The Hall–Kier alpha value is -1.87. The molecule has 0 aliphatic rings. The first kappa shape index (κ1) is 12.6. The minimum Gasteiger partial charge on any atom is -0.469 e. The van der Waals surface area contributed by atoms with Crippen molar-refractivity contribution >= 4 is 34.5 Å². The van der Waals surface area contributed by atoms with Gasteiger partial charge in [-0.2, -0.15) is 0 Å². The van der Waals surface area contributed by atoms with Crippen molar-refractivity contribution in [1.29, 1.82) is 0 Å². The van der Waals surface area contributed by atoms with E-state index in [4.69, 9.17) is 11.6 Å². The van der Waals surface area contributed by atoms with Gasteiger partial charge in [0.05, 0.1) is 19.0 Å². The fourth-order valence-corrected chi connectivity index (χ4v) is 1.80. The lowest BCUT2D eigenvalue weighted by Crippen LogP contribution is -1.96. The molecule has 1 aromatic carbocycles. The normalized spacial score (nSPS) is 11.0. The van der Waals surface area contributed by atoms with Gasteiger partial charge in [-0.3, -0.25) is 4.79 Å². The average molecular weight is 262 g/mol. The van der Waals surface area contributed by atoms with Gasteiger partial charge in [0.15, 0.2) is 0 Å². The fourth-order valence-electron chi connectivity index (χ4n) is 1.59. The van der Waals surface area contributed by atoms with E-state index in [2.05, 4.69) is 9.72 Å². The Morgan fingerprint density at radius 3 is 3.00 bits per heavy atom. The molecule has 0 atom stereocenters. The average Bonchev–Trinajstić information content (AvgIpc) is 2.39. The van der Waals surface area contributed by atoms with E-state index in [1.165, 1.54) is 7.11 Å². The van der Waals surface area contributed by atoms with E-state index < -0.39 is 0 Å². The van der Waals surface area contributed by atoms with Crippen LogP contribution in [0.25, 0.3) is 17.0 Å². The van der Waals surface area contributed by atoms with Gasteiger partial charge in [-0.1, -0.05) is 42.0 Å². The quantitative estimate of drug-likeness (QED) is 0.627. The molecule has 0 bridgehead atoms. The summed E-state index contributed by atoms with van der Waals surface area (Å²) in [6.45, 7) is 0. The summed E-state index contributed by atoms with van der Waals surface area (Å²) in [7, 11) is 1.36. The molecule has 0 spiro atoms. The number of para-hydroxylation sites is 1. The maximum absolute atomic E-state index is 11.0. The van der Waals surface area contributed by atoms with E-state index in [1.807, 2.05) is 30.3 Å². The summed E-state index contributed by atoms with van der Waals surface area (Å²) in [5.74, 6) is -0.281. The van der Waals surface area contributed by atoms with E-state index in [0.29, 0.717) is 5.15 Å². The van der Waals surface area contributed by atoms with Gasteiger partial charge in [-0.25, -0.2) is 4.98 Å². The number of ether oxygens (including phenoxy) is 1. The van der Waals surface area contributed by atoms with E-state index in [9.17, 15) is 4.79 Å². The number of aromatic nitrogens is 1. The van der Waals surface area contributed by atoms with E-state index in [1.54, 1.807) is 12.2 Å². The molecule has 92 valence electrons. The van der Waals surface area contributed by atoms with Gasteiger partial charge in [0.25, 0.3) is 0 Å². The Bertz CT molecular complexity index is 608. The van der Waals surface area contributed by atoms with Gasteiger partial charge in [0.2, 0.25) is 0 Å². The summed E-state index contributed by atoms with van der Waals surface area (Å²) in [4.78, 5) is 15.3. The number of halogens is 1. The first-order chi connectivity index (χ1) is 8.70. The molecular formula is C14H12ClNO2. The van der Waals surface area contributed by atoms with Gasteiger partial charge >= 0.3 is 5.97 Å². The van der Waals surface area contributed by atoms with Crippen LogP contribution in [-0.4, -0.2) is 18.1 Å². The SMILES string of the molecule is COC(=O)CC=Cc1cc2ccccc2nc1Cl. The lowest BCUT2D eigenvalue weighted by atomic mass is 10.1. The minimum absolute atomic E-state index is 0.222. The smallest absolute Gasteiger partial charge is 0.309 e. The van der Waals surface area contributed by atoms with Crippen molar-refractivity contribution in [1.82, 2.24) is 4.98 Å². The summed E-state index contributed by atoms with van der Waals surface area (Å²) >= 11 is 6.07. The summed E-state index contributed by atoms with van der Waals surface area (Å²) in [5.41, 5.74) is 1.65. The van der Waals surface area contributed by atoms with Gasteiger partial charge in [-0.05, 0) is 12.1 Å². The summed E-state index contributed by atoms with van der Waals surface area (Å²) in [6.07, 6.45) is 3.71. The number of nitrogens with zero attached hydrogens (tertiary/aromatic N) is 1. The first-order valence-electron chi connectivity index (χ1n) is 5.49. The molecule has 3 nitrogen and oxygen atoms in total. The maximum atomic E-state index is 11.0. The van der Waals surface area contributed by atoms with Gasteiger partial charge in [0.1, 0.15) is 5.15 Å². The Labute approximate surface area is 110 Å². The highest BCUT2D eigenvalue weighted by Crippen LogP contribution is 2.21. The van der Waals surface area contributed by atoms with Crippen molar-refractivity contribution in [2.24, 2.45) is 0 Å². The lowest BCUT2D eigenvalue weighted by Gasteiger charge is -2.01. The number of carbonyl (C=O) groups excluding carboxylic acids is 1. The molecule has 0 radical (unpaired) electrons. The van der Waals surface area contributed by atoms with Crippen LogP contribution in [0.5, 0.6) is 0 Å². The zero-order chi connectivity index (χ0) is 13.0. The van der Waals surface area contributed by atoms with E-state index in [0.717, 1.165) is 16.5 Å². The predicted molar refractivity (Wildman–Crippen MR) is 72.4 cm³/mol. The van der Waals surface area contributed by atoms with Crippen LogP contribution < -0.4 is 0 Å². The standard InChI is InChI=1S/C14H12ClNO2/c1-18-13(17)8-4-6-11-9-10-5-2-3-7-12(10)16-14(11)15/h2-7,9H,8H2,1H3. The highest BCUT2D eigenvalue weighted by molar-refractivity contribution is 6.31. The number of carbonyl (C=O) groups is 1. The maximum Gasteiger partial charge on any atom is 0.309 e. The lowest BCUT2D eigenvalue weighted by molar-refractivity contribution is -0.139. The number of hydrogen-bond donors (Lipinski definition) is 0. The number of benzene rings is 1. The molecule has 1 aromatic heterocycles. The Balaban J connectivity index is 2.28. The third-order valence-corrected chi connectivity index (χ3v) is 2.82. The molecule has 4 heteroatoms. The van der Waals surface area contributed by atoms with Crippen LogP contribution in [0.1, 0.15) is 12.0 Å². The Kier molecular flexibility index (Phi) is 3.95. The molecule has 1 heterocycles. The summed E-state index contributed by atoms with van der Waals surface area (Å²) in [5, 5.41) is 1.44. The van der Waals surface area contributed by atoms with Crippen molar-refractivity contribution in [3.8, 4) is 0 Å². The van der Waals surface area contributed by atoms with Crippen molar-refractivity contribution in [3.05, 3.63) is 47.1 Å². The number of hydrogen-bond acceptors (Lipinski definition) is 3. The van der Waals surface area contributed by atoms with E-state index in [-0.39, 0.29) is 12.4 Å². The van der Waals surface area contributed by atoms with Crippen LogP contribution in [0, 0.1) is 0 Å². The van der Waals surface area contributed by atoms with Crippen molar-refractivity contribution in [2.75, 3.05) is 7.11 Å². The second-order valence-electron chi connectivity index (χ2n) is 3.74. The van der Waals surface area contributed by atoms with Crippen LogP contribution >= 0.6 is 11.6 Å². The molecule has 18 heavy (non-hydrogen) atoms. The van der Waals surface area contributed by atoms with Crippen LogP contribution in [0.2, 0.25) is 5.15 Å². The van der Waals surface area contributed by atoms with Gasteiger partial charge in [0, 0.05) is 10.9 Å². The van der Waals surface area contributed by atoms with Crippen molar-refractivity contribution < 1.29 is 9.53 Å². The number of fused-ring (bicyclic) bond motifs is 1.